The van der Waals surface area contributed by atoms with Crippen molar-refractivity contribution in [2.75, 3.05) is 6.54 Å². The van der Waals surface area contributed by atoms with Crippen LogP contribution in [0.2, 0.25) is 0 Å². The van der Waals surface area contributed by atoms with Crippen LogP contribution in [0.5, 0.6) is 0 Å². The highest BCUT2D eigenvalue weighted by atomic mass is 14.9. The predicted molar refractivity (Wildman–Crippen MR) is 139 cm³/mol. The van der Waals surface area contributed by atoms with Crippen molar-refractivity contribution < 1.29 is 0 Å². The molecule has 4 nitrogen and oxygen atoms in total. The summed E-state index contributed by atoms with van der Waals surface area (Å²) < 4.78 is 0. The van der Waals surface area contributed by atoms with E-state index in [2.05, 4.69) is 70.5 Å². The lowest BCUT2D eigenvalue weighted by Gasteiger charge is -2.15. The normalized spacial score (nSPS) is 17.0. The molecule has 5 rings (SSSR count). The molecule has 0 unspecified atom stereocenters. The van der Waals surface area contributed by atoms with Crippen LogP contribution in [-0.2, 0) is 0 Å². The van der Waals surface area contributed by atoms with Gasteiger partial charge < -0.3 is 0 Å². The van der Waals surface area contributed by atoms with Crippen molar-refractivity contribution in [1.82, 2.24) is 9.97 Å². The summed E-state index contributed by atoms with van der Waals surface area (Å²) in [6.45, 7) is 4.67. The van der Waals surface area contributed by atoms with Crippen LogP contribution in [0.3, 0.4) is 0 Å². The molecule has 1 fully saturated rings. The Hall–Kier alpha value is -3.32. The van der Waals surface area contributed by atoms with Gasteiger partial charge in [0.2, 0.25) is 0 Å². The Bertz CT molecular complexity index is 1050. The highest BCUT2D eigenvalue weighted by Gasteiger charge is 2.08. The summed E-state index contributed by atoms with van der Waals surface area (Å²) in [7, 11) is 0. The smallest absolute Gasteiger partial charge is 0.159 e. The van der Waals surface area contributed by atoms with Crippen molar-refractivity contribution in [3.05, 3.63) is 72.1 Å². The van der Waals surface area contributed by atoms with E-state index in [1.165, 1.54) is 50.2 Å². The number of nitriles is 1. The molecule has 2 heterocycles. The molecule has 0 atom stereocenters. The maximum Gasteiger partial charge on any atom is 0.159 e. The first kappa shape index (κ1) is 24.3. The molecule has 1 aliphatic heterocycles. The molecule has 1 aromatic heterocycles. The zero-order chi connectivity index (χ0) is 23.3. The predicted octanol–water partition coefficient (Wildman–Crippen LogP) is 7.46. The van der Waals surface area contributed by atoms with E-state index in [-0.39, 0.29) is 0 Å². The molecule has 0 bridgehead atoms. The van der Waals surface area contributed by atoms with Gasteiger partial charge in [-0.25, -0.2) is 9.97 Å². The standard InChI is InChI=1S/C20H17N3.C7H14.C2H3N/c1-2-6-15(5-1)16-7-3-8-17(11-16)20-22-13-19(14-23-20)18-9-4-10-21-12-18;1-7-5-3-2-4-6-7;1-2-3/h1,3,5-9,11-14H,2,4,10H2;7H,2-6H2,1H3;1H3. The summed E-state index contributed by atoms with van der Waals surface area (Å²) in [6.07, 6.45) is 23.9. The van der Waals surface area contributed by atoms with Gasteiger partial charge in [0.25, 0.3) is 0 Å². The number of benzene rings is 1. The molecule has 0 spiro atoms. The van der Waals surface area contributed by atoms with Crippen LogP contribution in [0.25, 0.3) is 22.5 Å². The zero-order valence-corrected chi connectivity index (χ0v) is 19.9. The van der Waals surface area contributed by atoms with E-state index in [0.29, 0.717) is 0 Å². The van der Waals surface area contributed by atoms with Gasteiger partial charge in [-0.15, -0.1) is 0 Å². The Morgan fingerprint density at radius 1 is 0.939 bits per heavy atom. The van der Waals surface area contributed by atoms with Crippen molar-refractivity contribution in [3.8, 4) is 17.5 Å². The van der Waals surface area contributed by atoms with E-state index >= 15 is 0 Å². The van der Waals surface area contributed by atoms with Crippen molar-refractivity contribution in [2.24, 2.45) is 10.9 Å². The molecular weight excluding hydrogens is 404 g/mol. The van der Waals surface area contributed by atoms with E-state index in [1.807, 2.05) is 18.6 Å². The number of allylic oxidation sites excluding steroid dienone is 5. The second kappa shape index (κ2) is 13.3. The molecule has 4 heteroatoms. The quantitative estimate of drug-likeness (QED) is 0.499. The topological polar surface area (TPSA) is 61.9 Å². The minimum Gasteiger partial charge on any atom is -0.292 e. The largest absolute Gasteiger partial charge is 0.292 e. The lowest BCUT2D eigenvalue weighted by molar-refractivity contribution is 0.385. The number of aromatic nitrogens is 2. The molecule has 170 valence electrons. The van der Waals surface area contributed by atoms with Crippen LogP contribution in [0.1, 0.15) is 69.9 Å². The lowest BCUT2D eigenvalue weighted by Crippen LogP contribution is -1.99. The van der Waals surface area contributed by atoms with Crippen molar-refractivity contribution >= 4 is 17.4 Å². The van der Waals surface area contributed by atoms with Gasteiger partial charge in [-0.1, -0.05) is 81.5 Å². The average Bonchev–Trinajstić information content (AvgIpc) is 3.42. The van der Waals surface area contributed by atoms with Gasteiger partial charge in [0.15, 0.2) is 5.82 Å². The maximum atomic E-state index is 7.32. The molecule has 33 heavy (non-hydrogen) atoms. The third-order valence-electron chi connectivity index (χ3n) is 5.96. The first-order valence-electron chi connectivity index (χ1n) is 12.0. The van der Waals surface area contributed by atoms with Crippen molar-refractivity contribution in [2.45, 2.75) is 58.8 Å². The summed E-state index contributed by atoms with van der Waals surface area (Å²) in [5, 5.41) is 7.32. The second-order valence-corrected chi connectivity index (χ2v) is 8.62. The number of aliphatic imine (C=N–C) groups is 1. The van der Waals surface area contributed by atoms with E-state index in [1.54, 1.807) is 6.07 Å². The van der Waals surface area contributed by atoms with Crippen LogP contribution in [0.15, 0.2) is 66.0 Å². The van der Waals surface area contributed by atoms with E-state index < -0.39 is 0 Å². The van der Waals surface area contributed by atoms with Crippen LogP contribution in [-0.4, -0.2) is 22.7 Å². The van der Waals surface area contributed by atoms with E-state index in [4.69, 9.17) is 5.26 Å². The number of rotatable bonds is 3. The van der Waals surface area contributed by atoms with E-state index in [0.717, 1.165) is 47.8 Å². The van der Waals surface area contributed by atoms with Crippen LogP contribution >= 0.6 is 0 Å². The summed E-state index contributed by atoms with van der Waals surface area (Å²) in [6, 6.07) is 10.1. The Balaban J connectivity index is 0.000000257. The highest BCUT2D eigenvalue weighted by Crippen LogP contribution is 2.26. The Kier molecular flexibility index (Phi) is 9.79. The highest BCUT2D eigenvalue weighted by molar-refractivity contribution is 6.10. The second-order valence-electron chi connectivity index (χ2n) is 8.62. The lowest BCUT2D eigenvalue weighted by atomic mass is 9.91. The van der Waals surface area contributed by atoms with Gasteiger partial charge in [0.1, 0.15) is 0 Å². The van der Waals surface area contributed by atoms with Crippen molar-refractivity contribution in [1.29, 1.82) is 5.26 Å². The third kappa shape index (κ3) is 7.64. The first-order chi connectivity index (χ1) is 16.2. The minimum atomic E-state index is 0.756. The SMILES string of the molecule is C1=CC(c2cccc(-c3ncc(C4=CCCN=C4)cn3)c2)=CC1.CC#N.CC1CCCCC1. The molecule has 0 radical (unpaired) electrons. The van der Waals surface area contributed by atoms with Gasteiger partial charge in [0, 0.05) is 43.2 Å². The fourth-order valence-electron chi connectivity index (χ4n) is 4.15. The molecule has 0 amide bonds. The zero-order valence-electron chi connectivity index (χ0n) is 19.9. The molecule has 1 aromatic carbocycles. The molecule has 2 aromatic rings. The Morgan fingerprint density at radius 3 is 2.24 bits per heavy atom. The number of hydrogen-bond donors (Lipinski definition) is 0. The number of nitrogens with zero attached hydrogens (tertiary/aromatic N) is 4. The van der Waals surface area contributed by atoms with Crippen LogP contribution in [0.4, 0.5) is 0 Å². The fourth-order valence-corrected chi connectivity index (χ4v) is 4.15. The maximum absolute atomic E-state index is 7.32. The molecule has 3 aliphatic rings. The molecular formula is C29H34N4. The average molecular weight is 439 g/mol. The van der Waals surface area contributed by atoms with Gasteiger partial charge in [-0.2, -0.15) is 5.26 Å². The molecule has 2 aliphatic carbocycles. The van der Waals surface area contributed by atoms with Gasteiger partial charge in [-0.3, -0.25) is 4.99 Å². The molecule has 0 N–H and O–H groups in total. The monoisotopic (exact) mass is 438 g/mol. The van der Waals surface area contributed by atoms with Gasteiger partial charge >= 0.3 is 0 Å². The van der Waals surface area contributed by atoms with E-state index in [9.17, 15) is 0 Å². The van der Waals surface area contributed by atoms with Gasteiger partial charge in [0.05, 0.1) is 6.07 Å². The van der Waals surface area contributed by atoms with Crippen LogP contribution < -0.4 is 0 Å². The van der Waals surface area contributed by atoms with Crippen LogP contribution in [0, 0.1) is 17.2 Å². The Morgan fingerprint density at radius 2 is 1.67 bits per heavy atom. The number of hydrogen-bond acceptors (Lipinski definition) is 4. The van der Waals surface area contributed by atoms with Crippen molar-refractivity contribution in [3.63, 3.8) is 0 Å². The summed E-state index contributed by atoms with van der Waals surface area (Å²) in [4.78, 5) is 13.4. The summed E-state index contributed by atoms with van der Waals surface area (Å²) in [5.74, 6) is 1.79. The summed E-state index contributed by atoms with van der Waals surface area (Å²) in [5.41, 5.74) is 5.66. The molecule has 0 saturated heterocycles. The third-order valence-corrected chi connectivity index (χ3v) is 5.96. The summed E-state index contributed by atoms with van der Waals surface area (Å²) >= 11 is 0. The van der Waals surface area contributed by atoms with Gasteiger partial charge in [-0.05, 0) is 41.5 Å². The fraction of sp³-hybridized carbons (Fsp3) is 0.379. The first-order valence-corrected chi connectivity index (χ1v) is 12.0. The minimum absolute atomic E-state index is 0.756. The molecule has 1 saturated carbocycles. The Labute approximate surface area is 198 Å². The number of dihydropyridines is 1.